The second kappa shape index (κ2) is 2.80. The second-order valence-electron chi connectivity index (χ2n) is 2.43. The van der Waals surface area contributed by atoms with E-state index in [2.05, 4.69) is 25.8 Å². The molecule has 0 saturated carbocycles. The highest BCUT2D eigenvalue weighted by atomic mass is 79.9. The van der Waals surface area contributed by atoms with Crippen molar-refractivity contribution in [2.24, 2.45) is 0 Å². The summed E-state index contributed by atoms with van der Waals surface area (Å²) in [6, 6.07) is 5.69. The fourth-order valence-corrected chi connectivity index (χ4v) is 1.50. The van der Waals surface area contributed by atoms with E-state index in [0.29, 0.717) is 5.75 Å². The molecular weight excluding hydrogens is 222 g/mol. The van der Waals surface area contributed by atoms with Crippen LogP contribution in [0.1, 0.15) is 0 Å². The Balaban J connectivity index is 2.75. The van der Waals surface area contributed by atoms with Gasteiger partial charge in [-0.05, 0) is 18.2 Å². The first-order valence-electron chi connectivity index (χ1n) is 3.39. The third-order valence-electron chi connectivity index (χ3n) is 1.70. The molecule has 12 heavy (non-hydrogen) atoms. The van der Waals surface area contributed by atoms with Gasteiger partial charge in [0.05, 0.1) is 0 Å². The van der Waals surface area contributed by atoms with Crippen LogP contribution in [-0.2, 0) is 0 Å². The molecule has 0 fully saturated rings. The molecule has 0 atom stereocenters. The standard InChI is InChI=1S/C8H6BrNO2/c9-5-1-2-7-6(3-5)8(12-11)4-10-7/h1-4,10-11H. The van der Waals surface area contributed by atoms with E-state index in [4.69, 9.17) is 5.26 Å². The second-order valence-corrected chi connectivity index (χ2v) is 3.35. The molecule has 0 aliphatic carbocycles. The monoisotopic (exact) mass is 227 g/mol. The minimum Gasteiger partial charge on any atom is -0.358 e. The third kappa shape index (κ3) is 1.09. The molecule has 0 saturated heterocycles. The zero-order valence-electron chi connectivity index (χ0n) is 6.04. The van der Waals surface area contributed by atoms with E-state index >= 15 is 0 Å². The summed E-state index contributed by atoms with van der Waals surface area (Å²) in [6.45, 7) is 0. The maximum atomic E-state index is 8.48. The lowest BCUT2D eigenvalue weighted by Gasteiger charge is -1.93. The van der Waals surface area contributed by atoms with Crippen molar-refractivity contribution in [2.45, 2.75) is 0 Å². The van der Waals surface area contributed by atoms with Crippen molar-refractivity contribution >= 4 is 26.8 Å². The largest absolute Gasteiger partial charge is 0.358 e. The Morgan fingerprint density at radius 2 is 2.25 bits per heavy atom. The molecule has 62 valence electrons. The average molecular weight is 228 g/mol. The third-order valence-corrected chi connectivity index (χ3v) is 2.20. The van der Waals surface area contributed by atoms with Crippen LogP contribution < -0.4 is 4.89 Å². The summed E-state index contributed by atoms with van der Waals surface area (Å²) in [6.07, 6.45) is 1.61. The molecule has 0 aliphatic rings. The van der Waals surface area contributed by atoms with E-state index in [1.54, 1.807) is 6.20 Å². The Morgan fingerprint density at radius 1 is 1.42 bits per heavy atom. The van der Waals surface area contributed by atoms with Crippen molar-refractivity contribution in [3.8, 4) is 5.75 Å². The summed E-state index contributed by atoms with van der Waals surface area (Å²) in [7, 11) is 0. The molecule has 2 N–H and O–H groups in total. The summed E-state index contributed by atoms with van der Waals surface area (Å²) in [5.74, 6) is 0.436. The number of hydrogen-bond donors (Lipinski definition) is 2. The van der Waals surface area contributed by atoms with Crippen molar-refractivity contribution in [3.05, 3.63) is 28.9 Å². The number of aromatic amines is 1. The SMILES string of the molecule is OOc1c[nH]c2ccc(Br)cc12. The van der Waals surface area contributed by atoms with Crippen molar-refractivity contribution in [3.63, 3.8) is 0 Å². The molecule has 0 spiro atoms. The first-order chi connectivity index (χ1) is 5.81. The number of benzene rings is 1. The summed E-state index contributed by atoms with van der Waals surface area (Å²) in [4.78, 5) is 7.13. The van der Waals surface area contributed by atoms with Gasteiger partial charge in [0.15, 0.2) is 5.75 Å². The van der Waals surface area contributed by atoms with Crippen molar-refractivity contribution < 1.29 is 10.1 Å². The van der Waals surface area contributed by atoms with Gasteiger partial charge < -0.3 is 9.87 Å². The number of aromatic nitrogens is 1. The molecule has 2 aromatic rings. The Morgan fingerprint density at radius 3 is 3.00 bits per heavy atom. The molecule has 1 aromatic heterocycles. The molecule has 0 amide bonds. The van der Waals surface area contributed by atoms with Gasteiger partial charge in [-0.15, -0.1) is 0 Å². The molecule has 3 nitrogen and oxygen atoms in total. The predicted octanol–water partition coefficient (Wildman–Crippen LogP) is 2.78. The van der Waals surface area contributed by atoms with Crippen molar-refractivity contribution in [1.29, 1.82) is 0 Å². The van der Waals surface area contributed by atoms with E-state index in [-0.39, 0.29) is 0 Å². The van der Waals surface area contributed by atoms with Crippen molar-refractivity contribution in [1.82, 2.24) is 4.98 Å². The van der Waals surface area contributed by atoms with E-state index in [1.165, 1.54) is 0 Å². The average Bonchev–Trinajstić information content (AvgIpc) is 2.46. The minimum absolute atomic E-state index is 0.436. The number of H-pyrrole nitrogens is 1. The minimum atomic E-state index is 0.436. The number of rotatable bonds is 1. The quantitative estimate of drug-likeness (QED) is 0.582. The van der Waals surface area contributed by atoms with Crippen LogP contribution in [0, 0.1) is 0 Å². The number of halogens is 1. The Hall–Kier alpha value is -1.000. The summed E-state index contributed by atoms with van der Waals surface area (Å²) in [5, 5.41) is 9.33. The van der Waals surface area contributed by atoms with Crippen LogP contribution in [-0.4, -0.2) is 10.2 Å². The smallest absolute Gasteiger partial charge is 0.190 e. The molecule has 0 aliphatic heterocycles. The molecule has 0 bridgehead atoms. The van der Waals surface area contributed by atoms with Gasteiger partial charge in [-0.25, -0.2) is 5.26 Å². The molecule has 2 rings (SSSR count). The van der Waals surface area contributed by atoms with Crippen molar-refractivity contribution in [2.75, 3.05) is 0 Å². The van der Waals surface area contributed by atoms with Gasteiger partial charge in [0.25, 0.3) is 0 Å². The van der Waals surface area contributed by atoms with Gasteiger partial charge in [-0.2, -0.15) is 0 Å². The fourth-order valence-electron chi connectivity index (χ4n) is 1.14. The summed E-state index contributed by atoms with van der Waals surface area (Å²) < 4.78 is 0.952. The lowest BCUT2D eigenvalue weighted by molar-refractivity contribution is -0.136. The summed E-state index contributed by atoms with van der Waals surface area (Å²) in [5.41, 5.74) is 0.933. The lowest BCUT2D eigenvalue weighted by atomic mass is 10.2. The highest BCUT2D eigenvalue weighted by Gasteiger charge is 2.03. The van der Waals surface area contributed by atoms with E-state index in [1.807, 2.05) is 18.2 Å². The maximum Gasteiger partial charge on any atom is 0.190 e. The van der Waals surface area contributed by atoms with Crippen LogP contribution in [0.2, 0.25) is 0 Å². The van der Waals surface area contributed by atoms with Gasteiger partial charge in [0.2, 0.25) is 0 Å². The summed E-state index contributed by atoms with van der Waals surface area (Å²) >= 11 is 3.33. The fraction of sp³-hybridized carbons (Fsp3) is 0. The molecule has 1 aromatic carbocycles. The molecule has 1 heterocycles. The highest BCUT2D eigenvalue weighted by Crippen LogP contribution is 2.27. The Labute approximate surface area is 77.0 Å². The zero-order valence-corrected chi connectivity index (χ0v) is 7.63. The highest BCUT2D eigenvalue weighted by molar-refractivity contribution is 9.10. The first kappa shape index (κ1) is 7.64. The number of hydrogen-bond acceptors (Lipinski definition) is 2. The van der Waals surface area contributed by atoms with Gasteiger partial charge >= 0.3 is 0 Å². The number of nitrogens with one attached hydrogen (secondary N) is 1. The zero-order chi connectivity index (χ0) is 8.55. The van der Waals surface area contributed by atoms with E-state index in [9.17, 15) is 0 Å². The normalized spacial score (nSPS) is 10.5. The van der Waals surface area contributed by atoms with Crippen LogP contribution in [0.25, 0.3) is 10.9 Å². The van der Waals surface area contributed by atoms with Crippen LogP contribution in [0.15, 0.2) is 28.9 Å². The van der Waals surface area contributed by atoms with Crippen LogP contribution in [0.3, 0.4) is 0 Å². The number of fused-ring (bicyclic) bond motifs is 1. The van der Waals surface area contributed by atoms with Crippen LogP contribution >= 0.6 is 15.9 Å². The van der Waals surface area contributed by atoms with E-state index < -0.39 is 0 Å². The molecule has 4 heteroatoms. The predicted molar refractivity (Wildman–Crippen MR) is 49.3 cm³/mol. The molecule has 0 radical (unpaired) electrons. The first-order valence-corrected chi connectivity index (χ1v) is 4.18. The lowest BCUT2D eigenvalue weighted by Crippen LogP contribution is -1.79. The van der Waals surface area contributed by atoms with Gasteiger partial charge in [0.1, 0.15) is 0 Å². The Kier molecular flexibility index (Phi) is 1.78. The van der Waals surface area contributed by atoms with E-state index in [0.717, 1.165) is 15.4 Å². The van der Waals surface area contributed by atoms with Crippen LogP contribution in [0.4, 0.5) is 0 Å². The van der Waals surface area contributed by atoms with Gasteiger partial charge in [0, 0.05) is 21.6 Å². The Bertz CT molecular complexity index is 410. The van der Waals surface area contributed by atoms with Gasteiger partial charge in [-0.3, -0.25) is 0 Å². The van der Waals surface area contributed by atoms with Gasteiger partial charge in [-0.1, -0.05) is 15.9 Å². The topological polar surface area (TPSA) is 45.2 Å². The molecular formula is C8H6BrNO2. The molecule has 0 unspecified atom stereocenters. The maximum absolute atomic E-state index is 8.48. The van der Waals surface area contributed by atoms with Crippen LogP contribution in [0.5, 0.6) is 5.75 Å².